The van der Waals surface area contributed by atoms with E-state index in [-0.39, 0.29) is 24.1 Å². The summed E-state index contributed by atoms with van der Waals surface area (Å²) in [5, 5.41) is 14.2. The van der Waals surface area contributed by atoms with Crippen molar-refractivity contribution in [1.29, 1.82) is 0 Å². The molecule has 3 rings (SSSR count). The quantitative estimate of drug-likeness (QED) is 0.413. The lowest BCUT2D eigenvalue weighted by Crippen LogP contribution is -2.31. The maximum atomic E-state index is 12.7. The predicted octanol–water partition coefficient (Wildman–Crippen LogP) is 5.13. The zero-order valence-electron chi connectivity index (χ0n) is 15.3. The molecule has 28 heavy (non-hydrogen) atoms. The van der Waals surface area contributed by atoms with Crippen molar-refractivity contribution < 1.29 is 9.72 Å². The molecule has 144 valence electrons. The average molecular weight is 416 g/mol. The molecular weight excluding hydrogens is 398 g/mol. The molecule has 2 aromatic carbocycles. The molecule has 1 atom stereocenters. The van der Waals surface area contributed by atoms with E-state index in [0.29, 0.717) is 16.3 Å². The minimum Gasteiger partial charge on any atom is -0.339 e. The Labute approximate surface area is 171 Å². The number of nitro groups is 1. The highest BCUT2D eigenvalue weighted by Crippen LogP contribution is 2.30. The summed E-state index contributed by atoms with van der Waals surface area (Å²) in [6, 6.07) is 13.5. The fourth-order valence-electron chi connectivity index (χ4n) is 2.76. The van der Waals surface area contributed by atoms with Crippen LogP contribution in [-0.4, -0.2) is 27.8 Å². The van der Waals surface area contributed by atoms with E-state index in [0.717, 1.165) is 10.6 Å². The Morgan fingerprint density at radius 2 is 2.04 bits per heavy atom. The minimum absolute atomic E-state index is 0.00841. The molecule has 3 aromatic rings. The number of benzene rings is 2. The van der Waals surface area contributed by atoms with Gasteiger partial charge in [-0.2, -0.15) is 0 Å². The summed E-state index contributed by atoms with van der Waals surface area (Å²) in [5.74, 6) is -0.116. The summed E-state index contributed by atoms with van der Waals surface area (Å²) in [4.78, 5) is 29.3. The highest BCUT2D eigenvalue weighted by atomic mass is 35.5. The molecule has 1 amide bonds. The van der Waals surface area contributed by atoms with Crippen molar-refractivity contribution in [2.75, 3.05) is 7.05 Å². The molecule has 0 radical (unpaired) electrons. The molecule has 1 unspecified atom stereocenters. The van der Waals surface area contributed by atoms with Crippen LogP contribution in [-0.2, 0) is 11.2 Å². The summed E-state index contributed by atoms with van der Waals surface area (Å²) in [5.41, 5.74) is 2.23. The number of rotatable bonds is 6. The van der Waals surface area contributed by atoms with Crippen LogP contribution >= 0.6 is 22.9 Å². The van der Waals surface area contributed by atoms with E-state index in [2.05, 4.69) is 4.98 Å². The number of nitrogens with zero attached hydrogens (tertiary/aromatic N) is 3. The van der Waals surface area contributed by atoms with E-state index >= 15 is 0 Å². The average Bonchev–Trinajstić information content (AvgIpc) is 3.15. The number of carbonyl (C=O) groups is 1. The Kier molecular flexibility index (Phi) is 6.06. The molecule has 0 saturated heterocycles. The molecule has 0 aliphatic rings. The molecule has 0 spiro atoms. The van der Waals surface area contributed by atoms with Crippen LogP contribution in [0.3, 0.4) is 0 Å². The fourth-order valence-corrected chi connectivity index (χ4v) is 3.90. The number of carbonyl (C=O) groups excluding carboxylic acids is 1. The van der Waals surface area contributed by atoms with Crippen molar-refractivity contribution in [1.82, 2.24) is 9.88 Å². The first-order chi connectivity index (χ1) is 13.4. The number of likely N-dealkylation sites (N-methyl/N-ethyl adjacent to an activating group) is 1. The third-order valence-electron chi connectivity index (χ3n) is 4.53. The van der Waals surface area contributed by atoms with Gasteiger partial charge < -0.3 is 4.90 Å². The number of amides is 1. The van der Waals surface area contributed by atoms with Gasteiger partial charge >= 0.3 is 0 Å². The van der Waals surface area contributed by atoms with Gasteiger partial charge in [-0.1, -0.05) is 41.9 Å². The molecule has 0 N–H and O–H groups in total. The molecule has 0 aliphatic heterocycles. The third kappa shape index (κ3) is 4.37. The predicted molar refractivity (Wildman–Crippen MR) is 111 cm³/mol. The van der Waals surface area contributed by atoms with Gasteiger partial charge in [-0.25, -0.2) is 4.98 Å². The van der Waals surface area contributed by atoms with Gasteiger partial charge in [-0.15, -0.1) is 11.3 Å². The monoisotopic (exact) mass is 415 g/mol. The molecule has 6 nitrogen and oxygen atoms in total. The summed E-state index contributed by atoms with van der Waals surface area (Å²) in [6.07, 6.45) is 0.150. The zero-order chi connectivity index (χ0) is 20.3. The van der Waals surface area contributed by atoms with Gasteiger partial charge in [0.25, 0.3) is 5.69 Å². The second-order valence-corrected chi connectivity index (χ2v) is 7.60. The van der Waals surface area contributed by atoms with Crippen molar-refractivity contribution in [2.45, 2.75) is 19.4 Å². The lowest BCUT2D eigenvalue weighted by Gasteiger charge is -2.25. The maximum absolute atomic E-state index is 12.7. The Balaban J connectivity index is 1.72. The number of thiazole rings is 1. The Morgan fingerprint density at radius 3 is 2.75 bits per heavy atom. The number of hydrogen-bond donors (Lipinski definition) is 0. The van der Waals surface area contributed by atoms with Crippen molar-refractivity contribution in [3.8, 4) is 10.6 Å². The minimum atomic E-state index is -0.441. The summed E-state index contributed by atoms with van der Waals surface area (Å²) >= 11 is 7.65. The van der Waals surface area contributed by atoms with Gasteiger partial charge in [0.2, 0.25) is 5.91 Å². The van der Waals surface area contributed by atoms with Crippen LogP contribution in [0.4, 0.5) is 5.69 Å². The van der Waals surface area contributed by atoms with E-state index < -0.39 is 4.92 Å². The molecule has 8 heteroatoms. The molecule has 1 heterocycles. The largest absolute Gasteiger partial charge is 0.339 e. The molecule has 0 fully saturated rings. The number of nitro benzene ring substituents is 1. The van der Waals surface area contributed by atoms with Crippen molar-refractivity contribution >= 4 is 34.5 Å². The van der Waals surface area contributed by atoms with Gasteiger partial charge in [0, 0.05) is 30.1 Å². The Bertz CT molecular complexity index is 1020. The topological polar surface area (TPSA) is 76.3 Å². The SMILES string of the molecule is CC(c1cccc([N+](=O)[O-])c1)N(C)C(=O)Cc1csc(-c2ccccc2Cl)n1. The first-order valence-electron chi connectivity index (χ1n) is 8.56. The van der Waals surface area contributed by atoms with Gasteiger partial charge in [-0.05, 0) is 18.6 Å². The Hall–Kier alpha value is -2.77. The van der Waals surface area contributed by atoms with E-state index in [1.54, 1.807) is 30.1 Å². The Morgan fingerprint density at radius 1 is 1.29 bits per heavy atom. The zero-order valence-corrected chi connectivity index (χ0v) is 16.9. The second kappa shape index (κ2) is 8.50. The van der Waals surface area contributed by atoms with Gasteiger partial charge in [-0.3, -0.25) is 14.9 Å². The van der Waals surface area contributed by atoms with Crippen LogP contribution in [0.25, 0.3) is 10.6 Å². The van der Waals surface area contributed by atoms with Crippen LogP contribution < -0.4 is 0 Å². The third-order valence-corrected chi connectivity index (χ3v) is 5.78. The summed E-state index contributed by atoms with van der Waals surface area (Å²) in [6.45, 7) is 1.84. The van der Waals surface area contributed by atoms with Gasteiger partial charge in [0.1, 0.15) is 5.01 Å². The molecule has 0 aliphatic carbocycles. The van der Waals surface area contributed by atoms with E-state index in [9.17, 15) is 14.9 Å². The fraction of sp³-hybridized carbons (Fsp3) is 0.200. The normalized spacial score (nSPS) is 11.8. The maximum Gasteiger partial charge on any atom is 0.269 e. The molecule has 1 aromatic heterocycles. The first-order valence-corrected chi connectivity index (χ1v) is 9.82. The number of hydrogen-bond acceptors (Lipinski definition) is 5. The molecular formula is C20H18ClN3O3S. The van der Waals surface area contributed by atoms with Crippen LogP contribution in [0.1, 0.15) is 24.2 Å². The highest BCUT2D eigenvalue weighted by Gasteiger charge is 2.20. The summed E-state index contributed by atoms with van der Waals surface area (Å²) in [7, 11) is 1.69. The highest BCUT2D eigenvalue weighted by molar-refractivity contribution is 7.13. The van der Waals surface area contributed by atoms with Gasteiger partial charge in [0.15, 0.2) is 0 Å². The van der Waals surface area contributed by atoms with Crippen molar-refractivity contribution in [3.05, 3.63) is 80.3 Å². The molecule has 0 bridgehead atoms. The van der Waals surface area contributed by atoms with E-state index in [4.69, 9.17) is 11.6 Å². The number of aromatic nitrogens is 1. The van der Waals surface area contributed by atoms with Crippen molar-refractivity contribution in [2.24, 2.45) is 0 Å². The standard InChI is InChI=1S/C20H18ClN3O3S/c1-13(14-6-5-7-16(10-14)24(26)27)23(2)19(25)11-15-12-28-20(22-15)17-8-3-4-9-18(17)21/h3-10,12-13H,11H2,1-2H3. The lowest BCUT2D eigenvalue weighted by molar-refractivity contribution is -0.384. The molecule has 0 saturated carbocycles. The number of non-ortho nitro benzene ring substituents is 1. The summed E-state index contributed by atoms with van der Waals surface area (Å²) < 4.78 is 0. The first kappa shape index (κ1) is 20.0. The van der Waals surface area contributed by atoms with Crippen LogP contribution in [0.15, 0.2) is 53.9 Å². The van der Waals surface area contributed by atoms with E-state index in [1.807, 2.05) is 30.5 Å². The van der Waals surface area contributed by atoms with E-state index in [1.165, 1.54) is 23.5 Å². The number of halogens is 1. The van der Waals surface area contributed by atoms with Crippen LogP contribution in [0.5, 0.6) is 0 Å². The lowest BCUT2D eigenvalue weighted by atomic mass is 10.1. The second-order valence-electron chi connectivity index (χ2n) is 6.33. The van der Waals surface area contributed by atoms with Crippen LogP contribution in [0, 0.1) is 10.1 Å². The van der Waals surface area contributed by atoms with Crippen LogP contribution in [0.2, 0.25) is 5.02 Å². The van der Waals surface area contributed by atoms with Crippen molar-refractivity contribution in [3.63, 3.8) is 0 Å². The van der Waals surface area contributed by atoms with Gasteiger partial charge in [0.05, 0.1) is 28.1 Å². The smallest absolute Gasteiger partial charge is 0.269 e.